The summed E-state index contributed by atoms with van der Waals surface area (Å²) in [5.74, 6) is 0.0238. The molecule has 0 saturated heterocycles. The molecule has 0 saturated carbocycles. The summed E-state index contributed by atoms with van der Waals surface area (Å²) in [6.45, 7) is 0.594. The normalized spacial score (nSPS) is 11.3. The molecule has 5 nitrogen and oxygen atoms in total. The van der Waals surface area contributed by atoms with Crippen molar-refractivity contribution in [2.45, 2.75) is 18.9 Å². The number of amides is 1. The molecular weight excluding hydrogens is 274 g/mol. The van der Waals surface area contributed by atoms with Gasteiger partial charge >= 0.3 is 8.80 Å². The summed E-state index contributed by atoms with van der Waals surface area (Å²) in [6.07, 6.45) is 1.17. The predicted molar refractivity (Wildman–Crippen MR) is 79.4 cm³/mol. The predicted octanol–water partition coefficient (Wildman–Crippen LogP) is 1.61. The van der Waals surface area contributed by atoms with Crippen molar-refractivity contribution in [2.24, 2.45) is 0 Å². The zero-order valence-corrected chi connectivity index (χ0v) is 13.3. The SMILES string of the molecule is CO[Si](CCCNC(=O)Cc1ccccc1)(OC)OC. The monoisotopic (exact) mass is 297 g/mol. The molecule has 0 aliphatic heterocycles. The smallest absolute Gasteiger partial charge is 0.377 e. The van der Waals surface area contributed by atoms with Gasteiger partial charge in [0.2, 0.25) is 5.91 Å². The fourth-order valence-electron chi connectivity index (χ4n) is 1.93. The first-order chi connectivity index (χ1) is 9.65. The molecule has 0 heterocycles. The Hall–Kier alpha value is -1.21. The van der Waals surface area contributed by atoms with E-state index in [9.17, 15) is 4.79 Å². The minimum atomic E-state index is -2.51. The van der Waals surface area contributed by atoms with Crippen molar-refractivity contribution in [1.29, 1.82) is 0 Å². The largest absolute Gasteiger partial charge is 0.500 e. The summed E-state index contributed by atoms with van der Waals surface area (Å²) in [6, 6.07) is 10.4. The van der Waals surface area contributed by atoms with Crippen LogP contribution in [0.4, 0.5) is 0 Å². The van der Waals surface area contributed by atoms with Crippen LogP contribution in [0.15, 0.2) is 30.3 Å². The molecule has 1 N–H and O–H groups in total. The molecule has 0 unspecified atom stereocenters. The molecular formula is C14H23NO4Si. The highest BCUT2D eigenvalue weighted by atomic mass is 28.4. The molecule has 0 aromatic heterocycles. The van der Waals surface area contributed by atoms with Crippen molar-refractivity contribution < 1.29 is 18.1 Å². The van der Waals surface area contributed by atoms with E-state index >= 15 is 0 Å². The van der Waals surface area contributed by atoms with Crippen LogP contribution < -0.4 is 5.32 Å². The van der Waals surface area contributed by atoms with Gasteiger partial charge in [-0.2, -0.15) is 0 Å². The second kappa shape index (κ2) is 8.86. The molecule has 0 aliphatic carbocycles. The van der Waals surface area contributed by atoms with Gasteiger partial charge in [0.1, 0.15) is 0 Å². The number of rotatable bonds is 9. The van der Waals surface area contributed by atoms with E-state index in [4.69, 9.17) is 13.3 Å². The van der Waals surface area contributed by atoms with Crippen molar-refractivity contribution in [3.63, 3.8) is 0 Å². The first-order valence-corrected chi connectivity index (χ1v) is 8.55. The average Bonchev–Trinajstić information content (AvgIpc) is 2.49. The number of carbonyl (C=O) groups excluding carboxylic acids is 1. The van der Waals surface area contributed by atoms with E-state index in [0.29, 0.717) is 19.0 Å². The van der Waals surface area contributed by atoms with Gasteiger partial charge in [-0.15, -0.1) is 0 Å². The van der Waals surface area contributed by atoms with Gasteiger partial charge in [0, 0.05) is 33.9 Å². The Kier molecular flexibility index (Phi) is 7.46. The minimum absolute atomic E-state index is 0.0238. The number of hydrogen-bond donors (Lipinski definition) is 1. The van der Waals surface area contributed by atoms with Crippen LogP contribution in [0.2, 0.25) is 6.04 Å². The Labute approximate surface area is 121 Å². The fraction of sp³-hybridized carbons (Fsp3) is 0.500. The lowest BCUT2D eigenvalue weighted by atomic mass is 10.1. The molecule has 1 aromatic carbocycles. The summed E-state index contributed by atoms with van der Waals surface area (Å²) in [4.78, 5) is 11.8. The molecule has 112 valence electrons. The lowest BCUT2D eigenvalue weighted by molar-refractivity contribution is -0.120. The van der Waals surface area contributed by atoms with Crippen LogP contribution in [-0.2, 0) is 24.5 Å². The number of carbonyl (C=O) groups is 1. The Bertz CT molecular complexity index is 387. The molecule has 6 heteroatoms. The van der Waals surface area contributed by atoms with Crippen LogP contribution in [0, 0.1) is 0 Å². The lowest BCUT2D eigenvalue weighted by Crippen LogP contribution is -2.43. The van der Waals surface area contributed by atoms with Gasteiger partial charge in [0.15, 0.2) is 0 Å². The zero-order chi connectivity index (χ0) is 14.8. The molecule has 0 spiro atoms. The van der Waals surface area contributed by atoms with Crippen molar-refractivity contribution in [1.82, 2.24) is 5.32 Å². The van der Waals surface area contributed by atoms with Crippen LogP contribution in [-0.4, -0.2) is 42.6 Å². The Morgan fingerprint density at radius 3 is 2.25 bits per heavy atom. The van der Waals surface area contributed by atoms with Crippen molar-refractivity contribution in [2.75, 3.05) is 27.9 Å². The van der Waals surface area contributed by atoms with Crippen LogP contribution in [0.5, 0.6) is 0 Å². The van der Waals surface area contributed by atoms with Crippen LogP contribution >= 0.6 is 0 Å². The molecule has 1 aromatic rings. The van der Waals surface area contributed by atoms with Gasteiger partial charge in [-0.1, -0.05) is 30.3 Å². The molecule has 0 atom stereocenters. The first kappa shape index (κ1) is 16.8. The maximum absolute atomic E-state index is 11.8. The maximum Gasteiger partial charge on any atom is 0.500 e. The van der Waals surface area contributed by atoms with Gasteiger partial charge in [-0.05, 0) is 12.0 Å². The highest BCUT2D eigenvalue weighted by molar-refractivity contribution is 6.60. The van der Waals surface area contributed by atoms with E-state index in [-0.39, 0.29) is 5.91 Å². The van der Waals surface area contributed by atoms with E-state index in [2.05, 4.69) is 5.32 Å². The summed E-state index contributed by atoms with van der Waals surface area (Å²) in [5, 5.41) is 2.89. The van der Waals surface area contributed by atoms with Crippen LogP contribution in [0.1, 0.15) is 12.0 Å². The molecule has 0 radical (unpaired) electrons. The molecule has 0 fully saturated rings. The van der Waals surface area contributed by atoms with E-state index in [0.717, 1.165) is 12.0 Å². The molecule has 1 amide bonds. The van der Waals surface area contributed by atoms with E-state index in [1.807, 2.05) is 30.3 Å². The number of hydrogen-bond acceptors (Lipinski definition) is 4. The van der Waals surface area contributed by atoms with Gasteiger partial charge in [0.05, 0.1) is 6.42 Å². The highest BCUT2D eigenvalue weighted by Gasteiger charge is 2.36. The maximum atomic E-state index is 11.8. The molecule has 20 heavy (non-hydrogen) atoms. The fourth-order valence-corrected chi connectivity index (χ4v) is 3.65. The Morgan fingerprint density at radius 1 is 1.10 bits per heavy atom. The second-order valence-electron chi connectivity index (χ2n) is 4.41. The summed E-state index contributed by atoms with van der Waals surface area (Å²) in [7, 11) is 2.26. The van der Waals surface area contributed by atoms with E-state index in [1.54, 1.807) is 21.3 Å². The van der Waals surface area contributed by atoms with Crippen LogP contribution in [0.3, 0.4) is 0 Å². The van der Waals surface area contributed by atoms with Gasteiger partial charge in [-0.25, -0.2) is 0 Å². The molecule has 0 aliphatic rings. The topological polar surface area (TPSA) is 56.8 Å². The van der Waals surface area contributed by atoms with E-state index in [1.165, 1.54) is 0 Å². The second-order valence-corrected chi connectivity index (χ2v) is 7.50. The van der Waals surface area contributed by atoms with Gasteiger partial charge in [0.25, 0.3) is 0 Å². The third-order valence-corrected chi connectivity index (χ3v) is 5.95. The standard InChI is InChI=1S/C14H23NO4Si/c1-17-20(18-2,19-3)11-7-10-15-14(16)12-13-8-5-4-6-9-13/h4-6,8-9H,7,10-12H2,1-3H3,(H,15,16). The summed E-state index contributed by atoms with van der Waals surface area (Å²) >= 11 is 0. The van der Waals surface area contributed by atoms with Gasteiger partial charge in [-0.3, -0.25) is 4.79 Å². The summed E-state index contributed by atoms with van der Waals surface area (Å²) < 4.78 is 16.0. The number of benzene rings is 1. The van der Waals surface area contributed by atoms with Crippen molar-refractivity contribution in [3.05, 3.63) is 35.9 Å². The highest BCUT2D eigenvalue weighted by Crippen LogP contribution is 2.14. The van der Waals surface area contributed by atoms with E-state index < -0.39 is 8.80 Å². The molecule has 1 rings (SSSR count). The zero-order valence-electron chi connectivity index (χ0n) is 12.3. The Morgan fingerprint density at radius 2 is 1.70 bits per heavy atom. The first-order valence-electron chi connectivity index (χ1n) is 6.62. The summed E-state index contributed by atoms with van der Waals surface area (Å²) in [5.41, 5.74) is 1.01. The van der Waals surface area contributed by atoms with Crippen molar-refractivity contribution in [3.8, 4) is 0 Å². The quantitative estimate of drug-likeness (QED) is 0.556. The average molecular weight is 297 g/mol. The Balaban J connectivity index is 2.25. The van der Waals surface area contributed by atoms with Crippen LogP contribution in [0.25, 0.3) is 0 Å². The number of nitrogens with one attached hydrogen (secondary N) is 1. The third-order valence-electron chi connectivity index (χ3n) is 3.12. The van der Waals surface area contributed by atoms with Gasteiger partial charge < -0.3 is 18.6 Å². The molecule has 0 bridgehead atoms. The minimum Gasteiger partial charge on any atom is -0.377 e. The van der Waals surface area contributed by atoms with Crippen molar-refractivity contribution >= 4 is 14.7 Å². The lowest BCUT2D eigenvalue weighted by Gasteiger charge is -2.24. The third kappa shape index (κ3) is 5.42.